The van der Waals surface area contributed by atoms with Crippen LogP contribution in [0.15, 0.2) is 36.4 Å². The lowest BCUT2D eigenvalue weighted by atomic mass is 10.1. The number of rotatable bonds is 10. The van der Waals surface area contributed by atoms with Crippen molar-refractivity contribution in [1.29, 1.82) is 0 Å². The van der Waals surface area contributed by atoms with Gasteiger partial charge in [0.05, 0.1) is 38.3 Å². The first-order valence-corrected chi connectivity index (χ1v) is 11.7. The van der Waals surface area contributed by atoms with Crippen molar-refractivity contribution in [2.45, 2.75) is 39.3 Å². The Labute approximate surface area is 183 Å². The minimum absolute atomic E-state index is 0.0737. The van der Waals surface area contributed by atoms with Crippen molar-refractivity contribution < 1.29 is 27.1 Å². The molecule has 1 N–H and O–H groups in total. The van der Waals surface area contributed by atoms with Crippen molar-refractivity contribution in [3.05, 3.63) is 53.3 Å². The van der Waals surface area contributed by atoms with Gasteiger partial charge in [0.2, 0.25) is 10.0 Å². The van der Waals surface area contributed by atoms with E-state index < -0.39 is 21.7 Å². The molecule has 1 atom stereocenters. The number of carbonyl (C=O) groups excluding carboxylic acids is 1. The Balaban J connectivity index is 2.65. The molecule has 2 aromatic carbocycles. The van der Waals surface area contributed by atoms with Gasteiger partial charge in [-0.25, -0.2) is 12.8 Å². The molecule has 7 nitrogen and oxygen atoms in total. The second-order valence-corrected chi connectivity index (χ2v) is 9.16. The second-order valence-electron chi connectivity index (χ2n) is 7.25. The number of amides is 1. The Bertz CT molecular complexity index is 1030. The minimum Gasteiger partial charge on any atom is -0.493 e. The summed E-state index contributed by atoms with van der Waals surface area (Å²) in [6.45, 7) is 3.59. The van der Waals surface area contributed by atoms with E-state index in [2.05, 4.69) is 5.32 Å². The SMILES string of the molecule is CCCC(C)NC(=O)c1cc(OC)c(OC)cc1N(Cc1ccccc1F)S(C)(=O)=O. The van der Waals surface area contributed by atoms with Gasteiger partial charge in [-0.1, -0.05) is 31.5 Å². The summed E-state index contributed by atoms with van der Waals surface area (Å²) in [5, 5.41) is 2.88. The van der Waals surface area contributed by atoms with Gasteiger partial charge in [0, 0.05) is 17.7 Å². The van der Waals surface area contributed by atoms with Crippen molar-refractivity contribution in [1.82, 2.24) is 5.32 Å². The molecule has 2 rings (SSSR count). The Hall–Kier alpha value is -2.81. The van der Waals surface area contributed by atoms with Crippen LogP contribution in [0.5, 0.6) is 11.5 Å². The summed E-state index contributed by atoms with van der Waals surface area (Å²) in [4.78, 5) is 13.1. The van der Waals surface area contributed by atoms with E-state index in [9.17, 15) is 17.6 Å². The van der Waals surface area contributed by atoms with E-state index in [1.54, 1.807) is 6.07 Å². The summed E-state index contributed by atoms with van der Waals surface area (Å²) in [6.07, 6.45) is 2.65. The molecule has 0 spiro atoms. The first-order chi connectivity index (χ1) is 14.6. The molecule has 9 heteroatoms. The number of nitrogens with zero attached hydrogens (tertiary/aromatic N) is 1. The number of carbonyl (C=O) groups is 1. The highest BCUT2D eigenvalue weighted by Crippen LogP contribution is 2.37. The van der Waals surface area contributed by atoms with Crippen LogP contribution in [0, 0.1) is 5.82 Å². The average Bonchev–Trinajstić information content (AvgIpc) is 2.71. The summed E-state index contributed by atoms with van der Waals surface area (Å²) in [6, 6.07) is 8.63. The van der Waals surface area contributed by atoms with Crippen LogP contribution in [0.1, 0.15) is 42.6 Å². The number of halogens is 1. The third-order valence-corrected chi connectivity index (χ3v) is 5.91. The van der Waals surface area contributed by atoms with Crippen molar-refractivity contribution in [2.24, 2.45) is 0 Å². The number of nitrogens with one attached hydrogen (secondary N) is 1. The van der Waals surface area contributed by atoms with E-state index in [4.69, 9.17) is 9.47 Å². The zero-order valence-electron chi connectivity index (χ0n) is 18.4. The van der Waals surface area contributed by atoms with E-state index in [1.165, 1.54) is 44.6 Å². The number of ether oxygens (including phenoxy) is 2. The monoisotopic (exact) mass is 452 g/mol. The molecule has 170 valence electrons. The fourth-order valence-corrected chi connectivity index (χ4v) is 4.11. The van der Waals surface area contributed by atoms with Gasteiger partial charge in [0.15, 0.2) is 11.5 Å². The summed E-state index contributed by atoms with van der Waals surface area (Å²) in [5.41, 5.74) is 0.334. The third kappa shape index (κ3) is 6.10. The van der Waals surface area contributed by atoms with Gasteiger partial charge in [-0.15, -0.1) is 0 Å². The van der Waals surface area contributed by atoms with Gasteiger partial charge in [0.1, 0.15) is 5.82 Å². The summed E-state index contributed by atoms with van der Waals surface area (Å²) < 4.78 is 51.3. The van der Waals surface area contributed by atoms with Crippen LogP contribution in [0.25, 0.3) is 0 Å². The van der Waals surface area contributed by atoms with Crippen LogP contribution in [-0.4, -0.2) is 40.8 Å². The molecule has 31 heavy (non-hydrogen) atoms. The Morgan fingerprint density at radius 1 is 1.16 bits per heavy atom. The molecule has 2 aromatic rings. The van der Waals surface area contributed by atoms with Crippen molar-refractivity contribution in [3.8, 4) is 11.5 Å². The lowest BCUT2D eigenvalue weighted by Crippen LogP contribution is -2.36. The van der Waals surface area contributed by atoms with Crippen molar-refractivity contribution in [3.63, 3.8) is 0 Å². The topological polar surface area (TPSA) is 84.9 Å². The third-order valence-electron chi connectivity index (χ3n) is 4.79. The number of anilines is 1. The van der Waals surface area contributed by atoms with E-state index in [0.29, 0.717) is 0 Å². The lowest BCUT2D eigenvalue weighted by molar-refractivity contribution is 0.0938. The molecule has 1 amide bonds. The van der Waals surface area contributed by atoms with Crippen LogP contribution < -0.4 is 19.1 Å². The zero-order valence-corrected chi connectivity index (χ0v) is 19.3. The Morgan fingerprint density at radius 2 is 1.77 bits per heavy atom. The number of sulfonamides is 1. The first-order valence-electron chi connectivity index (χ1n) is 9.90. The second kappa shape index (κ2) is 10.5. The molecular formula is C22H29FN2O5S. The van der Waals surface area contributed by atoms with Gasteiger partial charge in [-0.2, -0.15) is 0 Å². The van der Waals surface area contributed by atoms with Gasteiger partial charge in [0.25, 0.3) is 5.91 Å². The molecular weight excluding hydrogens is 423 g/mol. The fraction of sp³-hybridized carbons (Fsp3) is 0.409. The van der Waals surface area contributed by atoms with E-state index in [-0.39, 0.29) is 40.9 Å². The molecule has 0 fully saturated rings. The van der Waals surface area contributed by atoms with Crippen LogP contribution in [0.2, 0.25) is 0 Å². The highest BCUT2D eigenvalue weighted by Gasteiger charge is 2.27. The number of benzene rings is 2. The predicted molar refractivity (Wildman–Crippen MR) is 119 cm³/mol. The largest absolute Gasteiger partial charge is 0.493 e. The summed E-state index contributed by atoms with van der Waals surface area (Å²) >= 11 is 0. The highest BCUT2D eigenvalue weighted by molar-refractivity contribution is 7.92. The van der Waals surface area contributed by atoms with Crippen molar-refractivity contribution in [2.75, 3.05) is 24.8 Å². The maximum absolute atomic E-state index is 14.3. The Morgan fingerprint density at radius 3 is 2.32 bits per heavy atom. The molecule has 0 bridgehead atoms. The van der Waals surface area contributed by atoms with Crippen LogP contribution in [0.3, 0.4) is 0 Å². The lowest BCUT2D eigenvalue weighted by Gasteiger charge is -2.26. The van der Waals surface area contributed by atoms with E-state index >= 15 is 0 Å². The molecule has 0 aliphatic rings. The van der Waals surface area contributed by atoms with Crippen LogP contribution in [0.4, 0.5) is 10.1 Å². The number of methoxy groups -OCH3 is 2. The number of hydrogen-bond acceptors (Lipinski definition) is 5. The molecule has 0 saturated carbocycles. The maximum Gasteiger partial charge on any atom is 0.253 e. The summed E-state index contributed by atoms with van der Waals surface area (Å²) in [7, 11) is -1.05. The molecule has 0 saturated heterocycles. The summed E-state index contributed by atoms with van der Waals surface area (Å²) in [5.74, 6) is -0.477. The molecule has 1 unspecified atom stereocenters. The average molecular weight is 453 g/mol. The molecule has 0 radical (unpaired) electrons. The quantitative estimate of drug-likeness (QED) is 0.594. The molecule has 0 aliphatic heterocycles. The van der Waals surface area contributed by atoms with E-state index in [1.807, 2.05) is 13.8 Å². The van der Waals surface area contributed by atoms with Crippen LogP contribution >= 0.6 is 0 Å². The first kappa shape index (κ1) is 24.5. The van der Waals surface area contributed by atoms with Crippen molar-refractivity contribution >= 4 is 21.6 Å². The van der Waals surface area contributed by atoms with Gasteiger partial charge >= 0.3 is 0 Å². The molecule has 0 heterocycles. The van der Waals surface area contributed by atoms with Gasteiger partial charge in [-0.05, 0) is 25.5 Å². The zero-order chi connectivity index (χ0) is 23.2. The Kier molecular flexibility index (Phi) is 8.27. The van der Waals surface area contributed by atoms with E-state index in [0.717, 1.165) is 23.4 Å². The highest BCUT2D eigenvalue weighted by atomic mass is 32.2. The normalized spacial score (nSPS) is 12.2. The van der Waals surface area contributed by atoms with Gasteiger partial charge < -0.3 is 14.8 Å². The smallest absolute Gasteiger partial charge is 0.253 e. The predicted octanol–water partition coefficient (Wildman–Crippen LogP) is 3.73. The van der Waals surface area contributed by atoms with Gasteiger partial charge in [-0.3, -0.25) is 9.10 Å². The fourth-order valence-electron chi connectivity index (χ4n) is 3.23. The standard InChI is InChI=1S/C22H29FN2O5S/c1-6-9-15(2)24-22(26)17-12-20(29-3)21(30-4)13-19(17)25(31(5,27)28)14-16-10-7-8-11-18(16)23/h7-8,10-13,15H,6,9,14H2,1-5H3,(H,24,26). The molecule has 0 aliphatic carbocycles. The maximum atomic E-state index is 14.3. The minimum atomic E-state index is -3.88. The van der Waals surface area contributed by atoms with Crippen LogP contribution in [-0.2, 0) is 16.6 Å². The number of hydrogen-bond donors (Lipinski definition) is 1. The molecule has 0 aromatic heterocycles.